The molecule has 7 nitrogen and oxygen atoms in total. The standard InChI is InChI=1S/C10H13IN4O3/c1-14(2)10(18)15-3-5(4-15)7-6(11)8(9(16)17)13-12-7/h5H,3-4H2,1-2H3,(H,12,13)(H,16,17). The summed E-state index contributed by atoms with van der Waals surface area (Å²) in [5.41, 5.74) is 0.846. The van der Waals surface area contributed by atoms with Crippen LogP contribution >= 0.6 is 22.6 Å². The van der Waals surface area contributed by atoms with Gasteiger partial charge in [-0.05, 0) is 22.6 Å². The number of H-pyrrole nitrogens is 1. The number of carboxylic acid groups (broad SMARTS) is 1. The molecular formula is C10H13IN4O3. The van der Waals surface area contributed by atoms with Crippen molar-refractivity contribution in [2.24, 2.45) is 0 Å². The van der Waals surface area contributed by atoms with Crippen LogP contribution in [0, 0.1) is 3.57 Å². The number of hydrogen-bond acceptors (Lipinski definition) is 3. The van der Waals surface area contributed by atoms with Gasteiger partial charge in [-0.2, -0.15) is 5.10 Å². The van der Waals surface area contributed by atoms with Crippen LogP contribution in [0.3, 0.4) is 0 Å². The fourth-order valence-electron chi connectivity index (χ4n) is 1.85. The molecule has 2 amide bonds. The molecular weight excluding hydrogens is 351 g/mol. The molecule has 0 radical (unpaired) electrons. The Balaban J connectivity index is 2.05. The quantitative estimate of drug-likeness (QED) is 0.760. The molecule has 1 aliphatic heterocycles. The first kappa shape index (κ1) is 13.1. The van der Waals surface area contributed by atoms with Gasteiger partial charge in [0, 0.05) is 33.1 Å². The zero-order valence-corrected chi connectivity index (χ0v) is 12.1. The van der Waals surface area contributed by atoms with Crippen LogP contribution in [0.4, 0.5) is 4.79 Å². The molecule has 0 aromatic carbocycles. The zero-order chi connectivity index (χ0) is 13.4. The Morgan fingerprint density at radius 1 is 1.50 bits per heavy atom. The minimum atomic E-state index is -1.04. The number of carboxylic acids is 1. The van der Waals surface area contributed by atoms with Gasteiger partial charge in [0.25, 0.3) is 0 Å². The first-order valence-electron chi connectivity index (χ1n) is 5.35. The van der Waals surface area contributed by atoms with Crippen molar-refractivity contribution in [2.45, 2.75) is 5.92 Å². The molecule has 2 heterocycles. The van der Waals surface area contributed by atoms with Crippen molar-refractivity contribution in [3.63, 3.8) is 0 Å². The molecule has 1 aromatic heterocycles. The maximum atomic E-state index is 11.6. The monoisotopic (exact) mass is 364 g/mol. The Hall–Kier alpha value is -1.32. The Labute approximate surface area is 117 Å². The highest BCUT2D eigenvalue weighted by atomic mass is 127. The van der Waals surface area contributed by atoms with Gasteiger partial charge in [-0.15, -0.1) is 0 Å². The van der Waals surface area contributed by atoms with Crippen LogP contribution in [0.1, 0.15) is 22.1 Å². The van der Waals surface area contributed by atoms with Gasteiger partial charge in [0.15, 0.2) is 5.69 Å². The number of amides is 2. The highest BCUT2D eigenvalue weighted by Gasteiger charge is 2.35. The Kier molecular flexibility index (Phi) is 3.46. The molecule has 0 spiro atoms. The number of halogens is 1. The molecule has 1 fully saturated rings. The molecule has 0 aliphatic carbocycles. The lowest BCUT2D eigenvalue weighted by Gasteiger charge is -2.40. The van der Waals surface area contributed by atoms with Crippen molar-refractivity contribution < 1.29 is 14.7 Å². The SMILES string of the molecule is CN(C)C(=O)N1CC(c2[nH]nc(C(=O)O)c2I)C1. The van der Waals surface area contributed by atoms with Gasteiger partial charge in [-0.25, -0.2) is 9.59 Å². The number of urea groups is 1. The Morgan fingerprint density at radius 2 is 2.11 bits per heavy atom. The largest absolute Gasteiger partial charge is 0.476 e. The van der Waals surface area contributed by atoms with Crippen molar-refractivity contribution in [1.82, 2.24) is 20.0 Å². The second kappa shape index (κ2) is 4.75. The number of likely N-dealkylation sites (tertiary alicyclic amines) is 1. The summed E-state index contributed by atoms with van der Waals surface area (Å²) in [6.45, 7) is 1.18. The van der Waals surface area contributed by atoms with E-state index in [2.05, 4.69) is 10.2 Å². The average Bonchev–Trinajstić information content (AvgIpc) is 2.58. The van der Waals surface area contributed by atoms with E-state index < -0.39 is 5.97 Å². The summed E-state index contributed by atoms with van der Waals surface area (Å²) in [6.07, 6.45) is 0. The Bertz CT molecular complexity index is 493. The van der Waals surface area contributed by atoms with Gasteiger partial charge in [0.2, 0.25) is 0 Å². The minimum Gasteiger partial charge on any atom is -0.476 e. The lowest BCUT2D eigenvalue weighted by Crippen LogP contribution is -2.52. The summed E-state index contributed by atoms with van der Waals surface area (Å²) < 4.78 is 0.627. The average molecular weight is 364 g/mol. The first-order valence-corrected chi connectivity index (χ1v) is 6.43. The van der Waals surface area contributed by atoms with Crippen LogP contribution in [0.5, 0.6) is 0 Å². The summed E-state index contributed by atoms with van der Waals surface area (Å²) >= 11 is 1.97. The van der Waals surface area contributed by atoms with Gasteiger partial charge >= 0.3 is 12.0 Å². The van der Waals surface area contributed by atoms with Crippen molar-refractivity contribution in [3.05, 3.63) is 15.0 Å². The number of carbonyl (C=O) groups excluding carboxylic acids is 1. The molecule has 2 N–H and O–H groups in total. The molecule has 1 aromatic rings. The second-order valence-corrected chi connectivity index (χ2v) is 5.46. The number of aromatic nitrogens is 2. The van der Waals surface area contributed by atoms with E-state index in [1.54, 1.807) is 19.0 Å². The number of rotatable bonds is 2. The van der Waals surface area contributed by atoms with E-state index in [0.29, 0.717) is 16.7 Å². The zero-order valence-electron chi connectivity index (χ0n) is 9.97. The number of aromatic amines is 1. The summed E-state index contributed by atoms with van der Waals surface area (Å²) in [7, 11) is 3.41. The van der Waals surface area contributed by atoms with Gasteiger partial charge in [-0.3, -0.25) is 5.10 Å². The molecule has 1 saturated heterocycles. The van der Waals surface area contributed by atoms with Crippen molar-refractivity contribution in [1.29, 1.82) is 0 Å². The van der Waals surface area contributed by atoms with Crippen LogP contribution < -0.4 is 0 Å². The van der Waals surface area contributed by atoms with Crippen LogP contribution in [0.15, 0.2) is 0 Å². The molecule has 0 bridgehead atoms. The Morgan fingerprint density at radius 3 is 2.56 bits per heavy atom. The first-order chi connectivity index (χ1) is 8.41. The topological polar surface area (TPSA) is 89.5 Å². The third-order valence-corrected chi connectivity index (χ3v) is 3.97. The minimum absolute atomic E-state index is 0.0285. The molecule has 0 unspecified atom stereocenters. The van der Waals surface area contributed by atoms with E-state index in [1.165, 1.54) is 4.90 Å². The number of nitrogens with zero attached hydrogens (tertiary/aromatic N) is 3. The van der Waals surface area contributed by atoms with E-state index in [0.717, 1.165) is 5.69 Å². The van der Waals surface area contributed by atoms with Crippen molar-refractivity contribution in [2.75, 3.05) is 27.2 Å². The number of nitrogens with one attached hydrogen (secondary N) is 1. The lowest BCUT2D eigenvalue weighted by atomic mass is 9.96. The number of carbonyl (C=O) groups is 2. The maximum Gasteiger partial charge on any atom is 0.357 e. The fourth-order valence-corrected chi connectivity index (χ4v) is 2.77. The molecule has 98 valence electrons. The van der Waals surface area contributed by atoms with Gasteiger partial charge < -0.3 is 14.9 Å². The highest BCUT2D eigenvalue weighted by molar-refractivity contribution is 14.1. The molecule has 18 heavy (non-hydrogen) atoms. The summed E-state index contributed by atoms with van der Waals surface area (Å²) in [6, 6.07) is -0.0285. The van der Waals surface area contributed by atoms with Crippen LogP contribution in [0.25, 0.3) is 0 Å². The van der Waals surface area contributed by atoms with Crippen LogP contribution in [0.2, 0.25) is 0 Å². The number of hydrogen-bond donors (Lipinski definition) is 2. The van der Waals surface area contributed by atoms with E-state index in [1.807, 2.05) is 22.6 Å². The van der Waals surface area contributed by atoms with Crippen molar-refractivity contribution in [3.8, 4) is 0 Å². The van der Waals surface area contributed by atoms with E-state index in [4.69, 9.17) is 5.11 Å². The van der Waals surface area contributed by atoms with Gasteiger partial charge in [-0.1, -0.05) is 0 Å². The predicted octanol–water partition coefficient (Wildman–Crippen LogP) is 0.793. The maximum absolute atomic E-state index is 11.6. The summed E-state index contributed by atoms with van der Waals surface area (Å²) in [5.74, 6) is -0.899. The molecule has 8 heteroatoms. The lowest BCUT2D eigenvalue weighted by molar-refractivity contribution is 0.0689. The van der Waals surface area contributed by atoms with E-state index in [9.17, 15) is 9.59 Å². The highest BCUT2D eigenvalue weighted by Crippen LogP contribution is 2.30. The predicted molar refractivity (Wildman–Crippen MR) is 71.7 cm³/mol. The van der Waals surface area contributed by atoms with E-state index in [-0.39, 0.29) is 17.6 Å². The van der Waals surface area contributed by atoms with Gasteiger partial charge in [0.1, 0.15) is 0 Å². The molecule has 0 atom stereocenters. The smallest absolute Gasteiger partial charge is 0.357 e. The normalized spacial score (nSPS) is 15.4. The summed E-state index contributed by atoms with van der Waals surface area (Å²) in [5, 5.41) is 15.4. The molecule has 1 aliphatic rings. The third kappa shape index (κ3) is 2.16. The number of aromatic carboxylic acids is 1. The van der Waals surface area contributed by atoms with Crippen molar-refractivity contribution >= 4 is 34.6 Å². The van der Waals surface area contributed by atoms with Crippen LogP contribution in [-0.2, 0) is 0 Å². The summed E-state index contributed by atoms with van der Waals surface area (Å²) in [4.78, 5) is 25.7. The molecule has 0 saturated carbocycles. The second-order valence-electron chi connectivity index (χ2n) is 4.38. The van der Waals surface area contributed by atoms with E-state index >= 15 is 0 Å². The van der Waals surface area contributed by atoms with Crippen LogP contribution in [-0.4, -0.2) is 64.3 Å². The van der Waals surface area contributed by atoms with Gasteiger partial charge in [0.05, 0.1) is 9.26 Å². The molecule has 2 rings (SSSR count). The third-order valence-electron chi connectivity index (χ3n) is 2.88. The fraction of sp³-hybridized carbons (Fsp3) is 0.500.